The Morgan fingerprint density at radius 3 is 2.17 bits per heavy atom. The molecule has 2 rings (SSSR count). The summed E-state index contributed by atoms with van der Waals surface area (Å²) in [6.07, 6.45) is 0. The number of benzene rings is 2. The molecule has 0 aliphatic carbocycles. The molecule has 0 radical (unpaired) electrons. The summed E-state index contributed by atoms with van der Waals surface area (Å²) in [5.41, 5.74) is 1.95. The molecule has 162 valence electrons. The molecule has 8 nitrogen and oxygen atoms in total. The van der Waals surface area contributed by atoms with Crippen LogP contribution in [0, 0.1) is 6.92 Å². The van der Waals surface area contributed by atoms with E-state index < -0.39 is 0 Å². The van der Waals surface area contributed by atoms with Crippen molar-refractivity contribution in [2.75, 3.05) is 34.5 Å². The van der Waals surface area contributed by atoms with E-state index in [9.17, 15) is 9.59 Å². The Bertz CT molecular complexity index is 872. The van der Waals surface area contributed by atoms with Crippen LogP contribution in [0.25, 0.3) is 0 Å². The molecule has 0 unspecified atom stereocenters. The fourth-order valence-electron chi connectivity index (χ4n) is 2.91. The lowest BCUT2D eigenvalue weighted by molar-refractivity contribution is -0.123. The molecule has 30 heavy (non-hydrogen) atoms. The quantitative estimate of drug-likeness (QED) is 0.618. The average molecular weight is 416 g/mol. The Labute approximate surface area is 176 Å². The van der Waals surface area contributed by atoms with Crippen molar-refractivity contribution in [1.29, 1.82) is 0 Å². The standard InChI is InChI=1S/C22H28N2O6/c1-6-23-22(26)16-9-7-8-14(2)20(16)30-13-19(25)24-12-15-10-17(27-3)21(29-5)18(11-15)28-4/h7-11H,6,12-13H2,1-5H3,(H,23,26)(H,24,25). The van der Waals surface area contributed by atoms with Crippen molar-refractivity contribution in [2.24, 2.45) is 0 Å². The first-order chi connectivity index (χ1) is 14.4. The number of carbonyl (C=O) groups excluding carboxylic acids is 2. The smallest absolute Gasteiger partial charge is 0.258 e. The van der Waals surface area contributed by atoms with Gasteiger partial charge in [0.15, 0.2) is 18.1 Å². The number of hydrogen-bond acceptors (Lipinski definition) is 6. The Morgan fingerprint density at radius 1 is 0.933 bits per heavy atom. The van der Waals surface area contributed by atoms with Crippen molar-refractivity contribution in [3.05, 3.63) is 47.0 Å². The Morgan fingerprint density at radius 2 is 1.60 bits per heavy atom. The van der Waals surface area contributed by atoms with Crippen LogP contribution in [0.3, 0.4) is 0 Å². The third-order valence-corrected chi connectivity index (χ3v) is 4.36. The van der Waals surface area contributed by atoms with Gasteiger partial charge in [-0.15, -0.1) is 0 Å². The van der Waals surface area contributed by atoms with Crippen LogP contribution < -0.4 is 29.6 Å². The van der Waals surface area contributed by atoms with E-state index in [4.69, 9.17) is 18.9 Å². The second-order valence-electron chi connectivity index (χ2n) is 6.41. The minimum atomic E-state index is -0.325. The number of carbonyl (C=O) groups is 2. The highest BCUT2D eigenvalue weighted by Gasteiger charge is 2.16. The molecule has 0 bridgehead atoms. The summed E-state index contributed by atoms with van der Waals surface area (Å²) in [4.78, 5) is 24.5. The van der Waals surface area contributed by atoms with Crippen LogP contribution in [-0.4, -0.2) is 46.3 Å². The van der Waals surface area contributed by atoms with Crippen LogP contribution in [0.1, 0.15) is 28.4 Å². The van der Waals surface area contributed by atoms with Gasteiger partial charge in [-0.05, 0) is 43.2 Å². The van der Waals surface area contributed by atoms with Gasteiger partial charge in [0.1, 0.15) is 5.75 Å². The lowest BCUT2D eigenvalue weighted by Gasteiger charge is -2.15. The van der Waals surface area contributed by atoms with Crippen LogP contribution in [0.4, 0.5) is 0 Å². The van der Waals surface area contributed by atoms with Crippen LogP contribution in [0.5, 0.6) is 23.0 Å². The van der Waals surface area contributed by atoms with Gasteiger partial charge in [-0.1, -0.05) is 12.1 Å². The van der Waals surface area contributed by atoms with Crippen LogP contribution in [0.2, 0.25) is 0 Å². The zero-order valence-corrected chi connectivity index (χ0v) is 18.0. The lowest BCUT2D eigenvalue weighted by atomic mass is 10.1. The van der Waals surface area contributed by atoms with Crippen LogP contribution in [0.15, 0.2) is 30.3 Å². The molecule has 2 aromatic carbocycles. The van der Waals surface area contributed by atoms with Crippen molar-refractivity contribution in [3.63, 3.8) is 0 Å². The van der Waals surface area contributed by atoms with Gasteiger partial charge < -0.3 is 29.6 Å². The van der Waals surface area contributed by atoms with E-state index >= 15 is 0 Å². The second-order valence-corrected chi connectivity index (χ2v) is 6.41. The SMILES string of the molecule is CCNC(=O)c1cccc(C)c1OCC(=O)NCc1cc(OC)c(OC)c(OC)c1. The first-order valence-corrected chi connectivity index (χ1v) is 9.51. The second kappa shape index (κ2) is 10.9. The molecule has 2 aromatic rings. The third-order valence-electron chi connectivity index (χ3n) is 4.36. The molecule has 2 amide bonds. The molecule has 0 aliphatic rings. The van der Waals surface area contributed by atoms with Crippen LogP contribution >= 0.6 is 0 Å². The summed E-state index contributed by atoms with van der Waals surface area (Å²) in [7, 11) is 4.59. The molecule has 0 fully saturated rings. The van der Waals surface area contributed by atoms with Crippen molar-refractivity contribution < 1.29 is 28.5 Å². The maximum atomic E-state index is 12.3. The predicted molar refractivity (Wildman–Crippen MR) is 113 cm³/mol. The molecule has 2 N–H and O–H groups in total. The molecule has 8 heteroatoms. The molecule has 0 heterocycles. The number of aryl methyl sites for hydroxylation is 1. The van der Waals surface area contributed by atoms with Gasteiger partial charge in [0.25, 0.3) is 11.8 Å². The third kappa shape index (κ3) is 5.56. The van der Waals surface area contributed by atoms with Gasteiger partial charge in [0.05, 0.1) is 26.9 Å². The minimum Gasteiger partial charge on any atom is -0.493 e. The van der Waals surface area contributed by atoms with Crippen molar-refractivity contribution in [2.45, 2.75) is 20.4 Å². The molecule has 0 saturated carbocycles. The number of para-hydroxylation sites is 1. The molecule has 0 saturated heterocycles. The number of ether oxygens (including phenoxy) is 4. The number of amides is 2. The van der Waals surface area contributed by atoms with Gasteiger partial charge in [-0.2, -0.15) is 0 Å². The fourth-order valence-corrected chi connectivity index (χ4v) is 2.91. The number of hydrogen-bond donors (Lipinski definition) is 2. The number of methoxy groups -OCH3 is 3. The normalized spacial score (nSPS) is 10.2. The first kappa shape index (κ1) is 22.9. The van der Waals surface area contributed by atoms with Gasteiger partial charge in [-0.3, -0.25) is 9.59 Å². The topological polar surface area (TPSA) is 95.1 Å². The summed E-state index contributed by atoms with van der Waals surface area (Å²) in [5, 5.41) is 5.53. The summed E-state index contributed by atoms with van der Waals surface area (Å²) >= 11 is 0. The highest BCUT2D eigenvalue weighted by atomic mass is 16.5. The van der Waals surface area contributed by atoms with Gasteiger partial charge in [0, 0.05) is 13.1 Å². The number of nitrogens with one attached hydrogen (secondary N) is 2. The zero-order valence-electron chi connectivity index (χ0n) is 18.0. The summed E-state index contributed by atoms with van der Waals surface area (Å²) < 4.78 is 21.6. The lowest BCUT2D eigenvalue weighted by Crippen LogP contribution is -2.29. The van der Waals surface area contributed by atoms with E-state index in [0.29, 0.717) is 35.1 Å². The Kier molecular flexibility index (Phi) is 8.34. The molecule has 0 aromatic heterocycles. The maximum Gasteiger partial charge on any atom is 0.258 e. The fraction of sp³-hybridized carbons (Fsp3) is 0.364. The van der Waals surface area contributed by atoms with E-state index in [-0.39, 0.29) is 25.0 Å². The molecular formula is C22H28N2O6. The van der Waals surface area contributed by atoms with Crippen molar-refractivity contribution in [1.82, 2.24) is 10.6 Å². The molecule has 0 spiro atoms. The molecule has 0 aliphatic heterocycles. The van der Waals surface area contributed by atoms with Gasteiger partial charge >= 0.3 is 0 Å². The summed E-state index contributed by atoms with van der Waals surface area (Å²) in [6.45, 7) is 4.19. The molecule has 0 atom stereocenters. The van der Waals surface area contributed by atoms with Gasteiger partial charge in [-0.25, -0.2) is 0 Å². The van der Waals surface area contributed by atoms with E-state index in [1.807, 2.05) is 19.9 Å². The minimum absolute atomic E-state index is 0.221. The molecular weight excluding hydrogens is 388 g/mol. The number of rotatable bonds is 10. The highest BCUT2D eigenvalue weighted by Crippen LogP contribution is 2.38. The monoisotopic (exact) mass is 416 g/mol. The Balaban J connectivity index is 2.04. The van der Waals surface area contributed by atoms with E-state index in [1.54, 1.807) is 24.3 Å². The zero-order chi connectivity index (χ0) is 22.1. The van der Waals surface area contributed by atoms with E-state index in [0.717, 1.165) is 11.1 Å². The average Bonchev–Trinajstić information content (AvgIpc) is 2.75. The van der Waals surface area contributed by atoms with Crippen molar-refractivity contribution in [3.8, 4) is 23.0 Å². The van der Waals surface area contributed by atoms with Crippen molar-refractivity contribution >= 4 is 11.8 Å². The van der Waals surface area contributed by atoms with E-state index in [1.165, 1.54) is 21.3 Å². The maximum absolute atomic E-state index is 12.3. The Hall–Kier alpha value is -3.42. The van der Waals surface area contributed by atoms with Crippen LogP contribution in [-0.2, 0) is 11.3 Å². The highest BCUT2D eigenvalue weighted by molar-refractivity contribution is 5.97. The summed E-state index contributed by atoms with van der Waals surface area (Å²) in [5.74, 6) is 1.32. The first-order valence-electron chi connectivity index (χ1n) is 9.51. The van der Waals surface area contributed by atoms with Gasteiger partial charge in [0.2, 0.25) is 5.75 Å². The predicted octanol–water partition coefficient (Wildman–Crippen LogP) is 2.47. The van der Waals surface area contributed by atoms with E-state index in [2.05, 4.69) is 10.6 Å². The largest absolute Gasteiger partial charge is 0.493 e. The summed E-state index contributed by atoms with van der Waals surface area (Å²) in [6, 6.07) is 8.79.